The fourth-order valence-electron chi connectivity index (χ4n) is 2.70. The van der Waals surface area contributed by atoms with Gasteiger partial charge in [-0.1, -0.05) is 50.0 Å². The van der Waals surface area contributed by atoms with Crippen LogP contribution < -0.4 is 10.6 Å². The number of nitrogens with one attached hydrogen (secondary N) is 2. The van der Waals surface area contributed by atoms with E-state index in [1.165, 1.54) is 0 Å². The Kier molecular flexibility index (Phi) is 12.0. The Bertz CT molecular complexity index is 744. The van der Waals surface area contributed by atoms with Gasteiger partial charge in [0.1, 0.15) is 18.2 Å². The van der Waals surface area contributed by atoms with Crippen LogP contribution in [0.3, 0.4) is 0 Å². The highest BCUT2D eigenvalue weighted by Crippen LogP contribution is 2.11. The zero-order valence-corrected chi connectivity index (χ0v) is 21.9. The van der Waals surface area contributed by atoms with E-state index in [1.54, 1.807) is 20.8 Å². The highest BCUT2D eigenvalue weighted by Gasteiger charge is 2.26. The van der Waals surface area contributed by atoms with Crippen LogP contribution >= 0.6 is 0 Å². The molecule has 0 aromatic heterocycles. The quantitative estimate of drug-likeness (QED) is 0.192. The van der Waals surface area contributed by atoms with Crippen molar-refractivity contribution in [2.24, 2.45) is 0 Å². The summed E-state index contributed by atoms with van der Waals surface area (Å²) in [7, 11) is -1.34. The number of benzene rings is 1. The summed E-state index contributed by atoms with van der Waals surface area (Å²) in [5, 5.41) is 5.32. The summed E-state index contributed by atoms with van der Waals surface area (Å²) < 4.78 is 15.9. The summed E-state index contributed by atoms with van der Waals surface area (Å²) in [4.78, 5) is 36.5. The van der Waals surface area contributed by atoms with Crippen molar-refractivity contribution in [2.75, 3.05) is 13.2 Å². The van der Waals surface area contributed by atoms with Crippen LogP contribution in [0.25, 0.3) is 0 Å². The van der Waals surface area contributed by atoms with Crippen LogP contribution in [0.15, 0.2) is 30.3 Å². The van der Waals surface area contributed by atoms with Gasteiger partial charge in [0.2, 0.25) is 0 Å². The first-order chi connectivity index (χ1) is 15.4. The molecule has 0 fully saturated rings. The molecule has 0 bridgehead atoms. The monoisotopic (exact) mass is 480 g/mol. The number of esters is 1. The molecule has 1 atom stereocenters. The molecule has 0 heterocycles. The fraction of sp³-hybridized carbons (Fsp3) is 0.625. The van der Waals surface area contributed by atoms with Crippen molar-refractivity contribution in [3.8, 4) is 0 Å². The lowest BCUT2D eigenvalue weighted by Crippen LogP contribution is -2.44. The molecule has 2 N–H and O–H groups in total. The molecule has 1 rings (SSSR count). The second-order valence-corrected chi connectivity index (χ2v) is 15.8. The molecule has 0 spiro atoms. The molecule has 0 aliphatic carbocycles. The fourth-order valence-corrected chi connectivity index (χ4v) is 3.41. The zero-order valence-electron chi connectivity index (χ0n) is 20.9. The third-order valence-electron chi connectivity index (χ3n) is 4.47. The first-order valence-corrected chi connectivity index (χ1v) is 15.2. The molecule has 186 valence electrons. The van der Waals surface area contributed by atoms with Gasteiger partial charge >= 0.3 is 18.2 Å². The summed E-state index contributed by atoms with van der Waals surface area (Å²) in [6.45, 7) is 12.8. The molecule has 2 amide bonds. The van der Waals surface area contributed by atoms with Crippen LogP contribution in [0.2, 0.25) is 25.7 Å². The number of carbonyl (C=O) groups excluding carboxylic acids is 3. The third kappa shape index (κ3) is 15.0. The van der Waals surface area contributed by atoms with Crippen LogP contribution in [0.4, 0.5) is 9.59 Å². The maximum Gasteiger partial charge on any atom is 0.408 e. The third-order valence-corrected chi connectivity index (χ3v) is 6.18. The van der Waals surface area contributed by atoms with E-state index in [0.29, 0.717) is 32.4 Å². The Morgan fingerprint density at radius 2 is 1.64 bits per heavy atom. The van der Waals surface area contributed by atoms with Crippen LogP contribution in [-0.2, 0) is 25.6 Å². The molecule has 0 aliphatic rings. The van der Waals surface area contributed by atoms with Crippen molar-refractivity contribution < 1.29 is 28.6 Å². The van der Waals surface area contributed by atoms with Crippen molar-refractivity contribution in [3.63, 3.8) is 0 Å². The van der Waals surface area contributed by atoms with Crippen molar-refractivity contribution in [1.82, 2.24) is 10.6 Å². The van der Waals surface area contributed by atoms with Crippen LogP contribution in [0.5, 0.6) is 0 Å². The average molecular weight is 481 g/mol. The first kappa shape index (κ1) is 28.5. The van der Waals surface area contributed by atoms with Crippen LogP contribution in [0.1, 0.15) is 45.6 Å². The van der Waals surface area contributed by atoms with Gasteiger partial charge in [0.05, 0.1) is 6.61 Å². The van der Waals surface area contributed by atoms with Gasteiger partial charge < -0.3 is 24.8 Å². The molecule has 33 heavy (non-hydrogen) atoms. The number of hydrogen-bond acceptors (Lipinski definition) is 6. The Labute approximate surface area is 198 Å². The molecular weight excluding hydrogens is 440 g/mol. The predicted octanol–water partition coefficient (Wildman–Crippen LogP) is 4.86. The molecule has 0 radical (unpaired) electrons. The molecule has 1 aromatic carbocycles. The molecule has 0 saturated heterocycles. The summed E-state index contributed by atoms with van der Waals surface area (Å²) in [6, 6.07) is 9.49. The van der Waals surface area contributed by atoms with Crippen molar-refractivity contribution in [1.29, 1.82) is 0 Å². The maximum atomic E-state index is 12.6. The normalized spacial score (nSPS) is 12.4. The van der Waals surface area contributed by atoms with E-state index in [4.69, 9.17) is 14.2 Å². The van der Waals surface area contributed by atoms with Gasteiger partial charge in [-0.25, -0.2) is 14.4 Å². The van der Waals surface area contributed by atoms with Gasteiger partial charge in [0.15, 0.2) is 0 Å². The number of hydrogen-bond donors (Lipinski definition) is 2. The van der Waals surface area contributed by atoms with E-state index in [-0.39, 0.29) is 6.61 Å². The number of unbranched alkanes of at least 4 members (excludes halogenated alkanes) is 1. The number of alkyl carbamates (subject to hydrolysis) is 2. The van der Waals surface area contributed by atoms with Gasteiger partial charge in [-0.3, -0.25) is 0 Å². The van der Waals surface area contributed by atoms with Gasteiger partial charge in [0.25, 0.3) is 0 Å². The Morgan fingerprint density at radius 1 is 0.970 bits per heavy atom. The van der Waals surface area contributed by atoms with Crippen LogP contribution in [0, 0.1) is 0 Å². The molecule has 0 aliphatic heterocycles. The van der Waals surface area contributed by atoms with E-state index in [1.807, 2.05) is 30.3 Å². The largest absolute Gasteiger partial charge is 0.464 e. The molecule has 1 unspecified atom stereocenters. The lowest BCUT2D eigenvalue weighted by atomic mass is 10.1. The topological polar surface area (TPSA) is 103 Å². The number of amides is 2. The van der Waals surface area contributed by atoms with Crippen LogP contribution in [-0.4, -0.2) is 51.0 Å². The van der Waals surface area contributed by atoms with Crippen molar-refractivity contribution in [3.05, 3.63) is 35.9 Å². The minimum absolute atomic E-state index is 0.206. The zero-order chi connectivity index (χ0) is 24.9. The van der Waals surface area contributed by atoms with Gasteiger partial charge in [0, 0.05) is 14.6 Å². The molecular formula is C24H40N2O6Si. The minimum Gasteiger partial charge on any atom is -0.464 e. The Morgan fingerprint density at radius 3 is 2.24 bits per heavy atom. The standard InChI is InChI=1S/C24H40N2O6Si/c1-24(2,3)32-23(29)26-20(21(27)30-16-17-33(4,5)6)14-10-11-15-25-22(28)31-18-19-12-8-7-9-13-19/h7-9,12-13,20H,10-11,14-18H2,1-6H3,(H,25,28)(H,26,29). The maximum absolute atomic E-state index is 12.6. The van der Waals surface area contributed by atoms with Crippen molar-refractivity contribution >= 4 is 26.2 Å². The van der Waals surface area contributed by atoms with E-state index < -0.39 is 37.9 Å². The van der Waals surface area contributed by atoms with Gasteiger partial charge in [-0.2, -0.15) is 0 Å². The summed E-state index contributed by atoms with van der Waals surface area (Å²) >= 11 is 0. The number of ether oxygens (including phenoxy) is 3. The van der Waals surface area contributed by atoms with Gasteiger partial charge in [-0.05, 0) is 51.6 Å². The lowest BCUT2D eigenvalue weighted by Gasteiger charge is -2.23. The smallest absolute Gasteiger partial charge is 0.408 e. The highest BCUT2D eigenvalue weighted by molar-refractivity contribution is 6.76. The summed E-state index contributed by atoms with van der Waals surface area (Å²) in [6.07, 6.45) is 0.453. The predicted molar refractivity (Wildman–Crippen MR) is 131 cm³/mol. The summed E-state index contributed by atoms with van der Waals surface area (Å²) in [5.41, 5.74) is 0.247. The molecule has 8 nitrogen and oxygen atoms in total. The minimum atomic E-state index is -1.34. The van der Waals surface area contributed by atoms with Crippen molar-refractivity contribution in [2.45, 2.75) is 84.0 Å². The Hall–Kier alpha value is -2.55. The summed E-state index contributed by atoms with van der Waals surface area (Å²) in [5.74, 6) is -0.464. The second-order valence-electron chi connectivity index (χ2n) is 10.2. The second kappa shape index (κ2) is 13.9. The molecule has 1 aromatic rings. The average Bonchev–Trinajstić information content (AvgIpc) is 2.69. The SMILES string of the molecule is CC(C)(C)OC(=O)NC(CCCCNC(=O)OCc1ccccc1)C(=O)OCC[Si](C)(C)C. The van der Waals surface area contributed by atoms with E-state index >= 15 is 0 Å². The highest BCUT2D eigenvalue weighted by atomic mass is 28.3. The molecule has 0 saturated carbocycles. The van der Waals surface area contributed by atoms with E-state index in [2.05, 4.69) is 30.3 Å². The lowest BCUT2D eigenvalue weighted by molar-refractivity contribution is -0.145. The number of rotatable bonds is 12. The first-order valence-electron chi connectivity index (χ1n) is 11.5. The van der Waals surface area contributed by atoms with E-state index in [0.717, 1.165) is 11.6 Å². The Balaban J connectivity index is 2.42. The van der Waals surface area contributed by atoms with E-state index in [9.17, 15) is 14.4 Å². The molecule has 9 heteroatoms. The van der Waals surface area contributed by atoms with Gasteiger partial charge in [-0.15, -0.1) is 0 Å². The number of carbonyl (C=O) groups is 3.